The molecule has 0 spiro atoms. The molecule has 2 unspecified atom stereocenters. The molecule has 9 nitrogen and oxygen atoms in total. The predicted octanol–water partition coefficient (Wildman–Crippen LogP) is 2.82. The van der Waals surface area contributed by atoms with E-state index in [0.29, 0.717) is 5.56 Å². The summed E-state index contributed by atoms with van der Waals surface area (Å²) in [6.07, 6.45) is -0.460. The van der Waals surface area contributed by atoms with E-state index in [2.05, 4.69) is 10.6 Å². The van der Waals surface area contributed by atoms with Crippen LogP contribution in [0.2, 0.25) is 0 Å². The first kappa shape index (κ1) is 28.9. The number of nitrogens with two attached hydrogens (primary N) is 1. The van der Waals surface area contributed by atoms with Crippen LogP contribution in [0.15, 0.2) is 24.3 Å². The summed E-state index contributed by atoms with van der Waals surface area (Å²) in [6.45, 7) is 14.5. The van der Waals surface area contributed by atoms with Gasteiger partial charge in [0.25, 0.3) is 0 Å². The van der Waals surface area contributed by atoms with Gasteiger partial charge >= 0.3 is 6.09 Å². The van der Waals surface area contributed by atoms with E-state index >= 15 is 0 Å². The van der Waals surface area contributed by atoms with Gasteiger partial charge in [0.05, 0.1) is 6.42 Å². The van der Waals surface area contributed by atoms with Crippen molar-refractivity contribution in [2.45, 2.75) is 91.5 Å². The van der Waals surface area contributed by atoms with Crippen molar-refractivity contribution in [1.29, 1.82) is 0 Å². The monoisotopic (exact) mass is 476 g/mol. The van der Waals surface area contributed by atoms with Crippen LogP contribution >= 0.6 is 0 Å². The van der Waals surface area contributed by atoms with Gasteiger partial charge in [0.2, 0.25) is 17.7 Å². The predicted molar refractivity (Wildman–Crippen MR) is 131 cm³/mol. The highest BCUT2D eigenvalue weighted by atomic mass is 16.6. The third-order valence-corrected chi connectivity index (χ3v) is 4.78. The Morgan fingerprint density at radius 2 is 1.56 bits per heavy atom. The second-order valence-electron chi connectivity index (χ2n) is 10.2. The molecular formula is C25H40N4O5. The minimum Gasteiger partial charge on any atom is -0.444 e. The molecule has 4 amide bonds. The van der Waals surface area contributed by atoms with Crippen molar-refractivity contribution < 1.29 is 23.9 Å². The molecule has 0 aliphatic rings. The van der Waals surface area contributed by atoms with Gasteiger partial charge in [0, 0.05) is 12.1 Å². The van der Waals surface area contributed by atoms with E-state index < -0.39 is 47.6 Å². The van der Waals surface area contributed by atoms with Gasteiger partial charge in [-0.3, -0.25) is 14.4 Å². The number of hydrogen-bond donors (Lipinski definition) is 3. The zero-order valence-electron chi connectivity index (χ0n) is 21.7. The molecule has 0 fully saturated rings. The van der Waals surface area contributed by atoms with Gasteiger partial charge in [0.15, 0.2) is 0 Å². The number of likely N-dealkylation sites (N-methyl/N-ethyl adjacent to an activating group) is 1. The quantitative estimate of drug-likeness (QED) is 0.504. The Hall–Kier alpha value is -3.10. The molecule has 34 heavy (non-hydrogen) atoms. The fourth-order valence-corrected chi connectivity index (χ4v) is 3.36. The number of benzene rings is 1. The molecule has 190 valence electrons. The van der Waals surface area contributed by atoms with Crippen LogP contribution in [0.1, 0.15) is 79.0 Å². The zero-order chi connectivity index (χ0) is 26.3. The van der Waals surface area contributed by atoms with Gasteiger partial charge in [-0.25, -0.2) is 4.79 Å². The van der Waals surface area contributed by atoms with Crippen LogP contribution in [0.5, 0.6) is 0 Å². The number of ether oxygens (including phenoxy) is 1. The maximum absolute atomic E-state index is 13.6. The number of alkyl carbamates (subject to hydrolysis) is 1. The number of rotatable bonds is 9. The molecule has 1 rings (SSSR count). The Balaban J connectivity index is 3.40. The van der Waals surface area contributed by atoms with E-state index in [9.17, 15) is 19.2 Å². The zero-order valence-corrected chi connectivity index (χ0v) is 21.7. The van der Waals surface area contributed by atoms with Crippen molar-refractivity contribution >= 4 is 23.8 Å². The van der Waals surface area contributed by atoms with E-state index in [1.54, 1.807) is 27.7 Å². The van der Waals surface area contributed by atoms with Crippen molar-refractivity contribution in [3.05, 3.63) is 35.4 Å². The molecular weight excluding hydrogens is 436 g/mol. The first-order valence-electron chi connectivity index (χ1n) is 11.6. The van der Waals surface area contributed by atoms with Gasteiger partial charge < -0.3 is 26.0 Å². The molecule has 1 aromatic carbocycles. The second-order valence-corrected chi connectivity index (χ2v) is 10.2. The highest BCUT2D eigenvalue weighted by Gasteiger charge is 2.37. The number of aryl methyl sites for hydroxylation is 1. The van der Waals surface area contributed by atoms with Crippen LogP contribution in [0, 0.1) is 0 Å². The summed E-state index contributed by atoms with van der Waals surface area (Å²) in [4.78, 5) is 52.4. The lowest BCUT2D eigenvalue weighted by Gasteiger charge is -2.35. The summed E-state index contributed by atoms with van der Waals surface area (Å²) in [7, 11) is 0. The molecule has 0 aliphatic carbocycles. The molecule has 9 heteroatoms. The van der Waals surface area contributed by atoms with Crippen molar-refractivity contribution in [1.82, 2.24) is 15.5 Å². The fraction of sp³-hybridized carbons (Fsp3) is 0.600. The van der Waals surface area contributed by atoms with Gasteiger partial charge in [-0.1, -0.05) is 31.2 Å². The van der Waals surface area contributed by atoms with E-state index in [0.717, 1.165) is 12.0 Å². The Morgan fingerprint density at radius 1 is 1.00 bits per heavy atom. The average molecular weight is 477 g/mol. The number of carbonyl (C=O) groups is 4. The van der Waals surface area contributed by atoms with Crippen molar-refractivity contribution in [3.8, 4) is 0 Å². The molecule has 0 bridgehead atoms. The standard InChI is InChI=1S/C25H40N4O5/c1-9-16-11-13-17(14-12-16)20(21(31)28-24(3,4)5)29(10-2)22(32)18(15-19(26)30)27-23(33)34-25(6,7)8/h11-14,18,20H,9-10,15H2,1-8H3,(H2,26,30)(H,27,33)(H,28,31). The van der Waals surface area contributed by atoms with E-state index in [-0.39, 0.29) is 12.5 Å². The van der Waals surface area contributed by atoms with E-state index in [1.807, 2.05) is 52.0 Å². The first-order chi connectivity index (χ1) is 15.6. The minimum atomic E-state index is -1.29. The minimum absolute atomic E-state index is 0.155. The van der Waals surface area contributed by atoms with Crippen molar-refractivity contribution in [3.63, 3.8) is 0 Å². The highest BCUT2D eigenvalue weighted by molar-refractivity contribution is 5.94. The summed E-state index contributed by atoms with van der Waals surface area (Å²) in [5, 5.41) is 5.38. The molecule has 0 aliphatic heterocycles. The number of carbonyl (C=O) groups excluding carboxylic acids is 4. The van der Waals surface area contributed by atoms with Crippen LogP contribution in [-0.4, -0.2) is 52.4 Å². The molecule has 4 N–H and O–H groups in total. The Morgan fingerprint density at radius 3 is 1.97 bits per heavy atom. The van der Waals surface area contributed by atoms with E-state index in [4.69, 9.17) is 10.5 Å². The molecule has 1 aromatic rings. The summed E-state index contributed by atoms with van der Waals surface area (Å²) in [5.74, 6) is -1.75. The van der Waals surface area contributed by atoms with Crippen molar-refractivity contribution in [2.24, 2.45) is 5.73 Å². The topological polar surface area (TPSA) is 131 Å². The average Bonchev–Trinajstić information content (AvgIpc) is 2.68. The van der Waals surface area contributed by atoms with Gasteiger partial charge in [-0.15, -0.1) is 0 Å². The molecule has 0 saturated heterocycles. The molecule has 0 heterocycles. The van der Waals surface area contributed by atoms with Crippen LogP contribution in [0.3, 0.4) is 0 Å². The summed E-state index contributed by atoms with van der Waals surface area (Å²) in [6, 6.07) is 5.18. The summed E-state index contributed by atoms with van der Waals surface area (Å²) < 4.78 is 5.25. The van der Waals surface area contributed by atoms with Crippen molar-refractivity contribution in [2.75, 3.05) is 6.54 Å². The lowest BCUT2D eigenvalue weighted by molar-refractivity contribution is -0.143. The van der Waals surface area contributed by atoms with Crippen LogP contribution in [-0.2, 0) is 25.5 Å². The first-order valence-corrected chi connectivity index (χ1v) is 11.6. The maximum Gasteiger partial charge on any atom is 0.408 e. The Labute approximate surface area is 202 Å². The lowest BCUT2D eigenvalue weighted by Crippen LogP contribution is -2.55. The molecule has 0 aromatic heterocycles. The largest absolute Gasteiger partial charge is 0.444 e. The van der Waals surface area contributed by atoms with Crippen LogP contribution in [0.25, 0.3) is 0 Å². The van der Waals surface area contributed by atoms with Gasteiger partial charge in [-0.05, 0) is 66.0 Å². The number of nitrogens with one attached hydrogen (secondary N) is 2. The lowest BCUT2D eigenvalue weighted by atomic mass is 9.98. The summed E-state index contributed by atoms with van der Waals surface area (Å²) in [5.41, 5.74) is 5.72. The van der Waals surface area contributed by atoms with E-state index in [1.165, 1.54) is 4.90 Å². The number of nitrogens with zero attached hydrogens (tertiary/aromatic N) is 1. The maximum atomic E-state index is 13.6. The smallest absolute Gasteiger partial charge is 0.408 e. The Bertz CT molecular complexity index is 869. The third kappa shape index (κ3) is 9.41. The van der Waals surface area contributed by atoms with Gasteiger partial charge in [-0.2, -0.15) is 0 Å². The molecule has 0 saturated carbocycles. The normalized spacial score (nSPS) is 13.4. The molecule has 2 atom stereocenters. The number of hydrogen-bond acceptors (Lipinski definition) is 5. The summed E-state index contributed by atoms with van der Waals surface area (Å²) >= 11 is 0. The second kappa shape index (κ2) is 11.9. The fourth-order valence-electron chi connectivity index (χ4n) is 3.36. The SMILES string of the molecule is CCc1ccc(C(C(=O)NC(C)(C)C)N(CC)C(=O)C(CC(N)=O)NC(=O)OC(C)(C)C)cc1. The van der Waals surface area contributed by atoms with Crippen LogP contribution < -0.4 is 16.4 Å². The number of amides is 4. The number of primary amides is 1. The molecule has 0 radical (unpaired) electrons. The van der Waals surface area contributed by atoms with Crippen LogP contribution in [0.4, 0.5) is 4.79 Å². The van der Waals surface area contributed by atoms with Gasteiger partial charge in [0.1, 0.15) is 17.7 Å². The Kier molecular flexibility index (Phi) is 10.1. The highest BCUT2D eigenvalue weighted by Crippen LogP contribution is 2.24. The third-order valence-electron chi connectivity index (χ3n) is 4.78.